The highest BCUT2D eigenvalue weighted by Crippen LogP contribution is 2.33. The molecule has 0 spiro atoms. The quantitative estimate of drug-likeness (QED) is 0.814. The molecule has 1 aromatic heterocycles. The van der Waals surface area contributed by atoms with Crippen LogP contribution >= 0.6 is 11.3 Å². The van der Waals surface area contributed by atoms with Crippen LogP contribution in [0.5, 0.6) is 0 Å². The standard InChI is InChI=1S/C15H18N2O2S/c1-19-14(18)10-11-6-4-5-9-17(11)15-16-12-7-2-3-8-13(12)20-15/h2-3,7-8,11H,4-6,9-10H2,1H3. The molecule has 0 bridgehead atoms. The van der Waals surface area contributed by atoms with Gasteiger partial charge < -0.3 is 9.64 Å². The van der Waals surface area contributed by atoms with Crippen LogP contribution < -0.4 is 4.90 Å². The topological polar surface area (TPSA) is 42.4 Å². The summed E-state index contributed by atoms with van der Waals surface area (Å²) in [6.07, 6.45) is 3.81. The summed E-state index contributed by atoms with van der Waals surface area (Å²) in [5, 5.41) is 1.03. The maximum Gasteiger partial charge on any atom is 0.307 e. The number of carbonyl (C=O) groups excluding carboxylic acids is 1. The second-order valence-electron chi connectivity index (χ2n) is 5.09. The molecule has 1 unspecified atom stereocenters. The number of methoxy groups -OCH3 is 1. The van der Waals surface area contributed by atoms with Gasteiger partial charge in [0.2, 0.25) is 0 Å². The van der Waals surface area contributed by atoms with Gasteiger partial charge in [-0.15, -0.1) is 0 Å². The number of hydrogen-bond donors (Lipinski definition) is 0. The lowest BCUT2D eigenvalue weighted by molar-refractivity contribution is -0.141. The fourth-order valence-electron chi connectivity index (χ4n) is 2.72. The van der Waals surface area contributed by atoms with Crippen LogP contribution in [0.15, 0.2) is 24.3 Å². The third-order valence-electron chi connectivity index (χ3n) is 3.79. The van der Waals surface area contributed by atoms with Crippen molar-refractivity contribution in [1.82, 2.24) is 4.98 Å². The van der Waals surface area contributed by atoms with Crippen molar-refractivity contribution in [1.29, 1.82) is 0 Å². The second-order valence-corrected chi connectivity index (χ2v) is 6.10. The van der Waals surface area contributed by atoms with Crippen LogP contribution in [0.2, 0.25) is 0 Å². The van der Waals surface area contributed by atoms with Crippen LogP contribution in [0.4, 0.5) is 5.13 Å². The SMILES string of the molecule is COC(=O)CC1CCCCN1c1nc2ccccc2s1. The number of aromatic nitrogens is 1. The number of benzene rings is 1. The van der Waals surface area contributed by atoms with E-state index in [0.29, 0.717) is 6.42 Å². The first kappa shape index (κ1) is 13.4. The Balaban J connectivity index is 1.86. The fourth-order valence-corrected chi connectivity index (χ4v) is 3.79. The third kappa shape index (κ3) is 2.63. The minimum Gasteiger partial charge on any atom is -0.469 e. The van der Waals surface area contributed by atoms with E-state index in [1.807, 2.05) is 18.2 Å². The molecule has 106 valence electrons. The predicted molar refractivity (Wildman–Crippen MR) is 81.2 cm³/mol. The number of esters is 1. The van der Waals surface area contributed by atoms with Gasteiger partial charge >= 0.3 is 5.97 Å². The lowest BCUT2D eigenvalue weighted by Crippen LogP contribution is -2.41. The van der Waals surface area contributed by atoms with Crippen molar-refractivity contribution in [3.63, 3.8) is 0 Å². The zero-order valence-electron chi connectivity index (χ0n) is 11.5. The number of thiazole rings is 1. The molecule has 0 N–H and O–H groups in total. The van der Waals surface area contributed by atoms with Crippen LogP contribution in [-0.2, 0) is 9.53 Å². The number of ether oxygens (including phenoxy) is 1. The molecule has 1 saturated heterocycles. The molecule has 0 amide bonds. The van der Waals surface area contributed by atoms with Gasteiger partial charge in [-0.3, -0.25) is 4.79 Å². The Morgan fingerprint density at radius 1 is 1.45 bits per heavy atom. The molecule has 20 heavy (non-hydrogen) atoms. The summed E-state index contributed by atoms with van der Waals surface area (Å²) >= 11 is 1.70. The molecule has 4 nitrogen and oxygen atoms in total. The van der Waals surface area contributed by atoms with Crippen LogP contribution in [0.25, 0.3) is 10.2 Å². The molecule has 0 aliphatic carbocycles. The smallest absolute Gasteiger partial charge is 0.307 e. The molecule has 1 aliphatic rings. The van der Waals surface area contributed by atoms with Crippen molar-refractivity contribution in [3.05, 3.63) is 24.3 Å². The number of anilines is 1. The molecule has 2 aromatic rings. The molecule has 0 radical (unpaired) electrons. The highest BCUT2D eigenvalue weighted by Gasteiger charge is 2.27. The first-order chi connectivity index (χ1) is 9.78. The number of fused-ring (bicyclic) bond motifs is 1. The maximum absolute atomic E-state index is 11.6. The average Bonchev–Trinajstić information content (AvgIpc) is 2.91. The van der Waals surface area contributed by atoms with Crippen molar-refractivity contribution >= 4 is 32.7 Å². The van der Waals surface area contributed by atoms with E-state index in [1.165, 1.54) is 18.2 Å². The van der Waals surface area contributed by atoms with Crippen molar-refractivity contribution < 1.29 is 9.53 Å². The summed E-state index contributed by atoms with van der Waals surface area (Å²) in [6, 6.07) is 8.39. The molecule has 5 heteroatoms. The van der Waals surface area contributed by atoms with E-state index in [-0.39, 0.29) is 12.0 Å². The Hall–Kier alpha value is -1.62. The van der Waals surface area contributed by atoms with E-state index in [1.54, 1.807) is 11.3 Å². The van der Waals surface area contributed by atoms with Crippen molar-refractivity contribution in [2.45, 2.75) is 31.7 Å². The first-order valence-corrected chi connectivity index (χ1v) is 7.78. The molecule has 0 saturated carbocycles. The van der Waals surface area contributed by atoms with Gasteiger partial charge in [-0.2, -0.15) is 0 Å². The van der Waals surface area contributed by atoms with Gasteiger partial charge in [0.15, 0.2) is 5.13 Å². The lowest BCUT2D eigenvalue weighted by Gasteiger charge is -2.34. The summed E-state index contributed by atoms with van der Waals surface area (Å²) in [7, 11) is 1.45. The zero-order valence-corrected chi connectivity index (χ0v) is 12.4. The molecule has 1 fully saturated rings. The van der Waals surface area contributed by atoms with Crippen LogP contribution in [-0.4, -0.2) is 30.6 Å². The summed E-state index contributed by atoms with van der Waals surface area (Å²) < 4.78 is 6.01. The van der Waals surface area contributed by atoms with Gasteiger partial charge in [0, 0.05) is 12.6 Å². The van der Waals surface area contributed by atoms with E-state index in [4.69, 9.17) is 9.72 Å². The Morgan fingerprint density at radius 2 is 2.30 bits per heavy atom. The third-order valence-corrected chi connectivity index (χ3v) is 4.86. The van der Waals surface area contributed by atoms with Crippen molar-refractivity contribution in [3.8, 4) is 0 Å². The number of para-hydroxylation sites is 1. The lowest BCUT2D eigenvalue weighted by atomic mass is 10.00. The Kier molecular flexibility index (Phi) is 3.87. The number of hydrogen-bond acceptors (Lipinski definition) is 5. The van der Waals surface area contributed by atoms with Crippen LogP contribution in [0, 0.1) is 0 Å². The summed E-state index contributed by atoms with van der Waals surface area (Å²) in [4.78, 5) is 18.6. The minimum absolute atomic E-state index is 0.136. The molecular weight excluding hydrogens is 272 g/mol. The molecule has 1 aliphatic heterocycles. The number of piperidine rings is 1. The monoisotopic (exact) mass is 290 g/mol. The van der Waals surface area contributed by atoms with Gasteiger partial charge in [-0.05, 0) is 31.4 Å². The Labute approximate surface area is 122 Å². The first-order valence-electron chi connectivity index (χ1n) is 6.97. The van der Waals surface area contributed by atoms with Gasteiger partial charge in [0.05, 0.1) is 23.7 Å². The summed E-state index contributed by atoms with van der Waals surface area (Å²) in [6.45, 7) is 0.974. The number of carbonyl (C=O) groups is 1. The Bertz CT molecular complexity index is 578. The van der Waals surface area contributed by atoms with Crippen molar-refractivity contribution in [2.75, 3.05) is 18.6 Å². The largest absolute Gasteiger partial charge is 0.469 e. The van der Waals surface area contributed by atoms with Crippen LogP contribution in [0.1, 0.15) is 25.7 Å². The zero-order chi connectivity index (χ0) is 13.9. The van der Waals surface area contributed by atoms with E-state index < -0.39 is 0 Å². The summed E-state index contributed by atoms with van der Waals surface area (Å²) in [5.74, 6) is -0.136. The van der Waals surface area contributed by atoms with E-state index >= 15 is 0 Å². The molecule has 2 heterocycles. The normalized spacial score (nSPS) is 19.2. The van der Waals surface area contributed by atoms with Gasteiger partial charge in [0.25, 0.3) is 0 Å². The molecule has 3 rings (SSSR count). The maximum atomic E-state index is 11.6. The number of rotatable bonds is 3. The highest BCUT2D eigenvalue weighted by molar-refractivity contribution is 7.22. The average molecular weight is 290 g/mol. The fraction of sp³-hybridized carbons (Fsp3) is 0.467. The van der Waals surface area contributed by atoms with Gasteiger partial charge in [-0.1, -0.05) is 23.5 Å². The second kappa shape index (κ2) is 5.79. The van der Waals surface area contributed by atoms with E-state index in [2.05, 4.69) is 11.0 Å². The molecule has 1 aromatic carbocycles. The minimum atomic E-state index is -0.136. The Morgan fingerprint density at radius 3 is 3.10 bits per heavy atom. The van der Waals surface area contributed by atoms with Gasteiger partial charge in [0.1, 0.15) is 0 Å². The summed E-state index contributed by atoms with van der Waals surface area (Å²) in [5.41, 5.74) is 1.04. The van der Waals surface area contributed by atoms with Crippen molar-refractivity contribution in [2.24, 2.45) is 0 Å². The van der Waals surface area contributed by atoms with E-state index in [0.717, 1.165) is 30.0 Å². The van der Waals surface area contributed by atoms with Crippen LogP contribution in [0.3, 0.4) is 0 Å². The number of nitrogens with zero attached hydrogens (tertiary/aromatic N) is 2. The molecule has 1 atom stereocenters. The molecular formula is C15H18N2O2S. The van der Waals surface area contributed by atoms with E-state index in [9.17, 15) is 4.79 Å². The van der Waals surface area contributed by atoms with Gasteiger partial charge in [-0.25, -0.2) is 4.98 Å². The highest BCUT2D eigenvalue weighted by atomic mass is 32.1. The predicted octanol–water partition coefficient (Wildman–Crippen LogP) is 3.22.